The van der Waals surface area contributed by atoms with E-state index >= 15 is 0 Å². The lowest BCUT2D eigenvalue weighted by molar-refractivity contribution is -0.143. The van der Waals surface area contributed by atoms with Crippen molar-refractivity contribution in [1.82, 2.24) is 10.2 Å². The first-order valence-corrected chi connectivity index (χ1v) is 11.7. The Bertz CT molecular complexity index is 917. The number of ether oxygens (including phenoxy) is 1. The van der Waals surface area contributed by atoms with Crippen LogP contribution in [-0.4, -0.2) is 35.4 Å². The molecule has 1 aliphatic carbocycles. The molecule has 2 aromatic carbocycles. The fourth-order valence-corrected chi connectivity index (χ4v) is 4.28. The van der Waals surface area contributed by atoms with Crippen LogP contribution in [0, 0.1) is 20.8 Å². The van der Waals surface area contributed by atoms with E-state index in [1.807, 2.05) is 70.2 Å². The van der Waals surface area contributed by atoms with Gasteiger partial charge in [-0.2, -0.15) is 0 Å². The lowest BCUT2D eigenvalue weighted by atomic mass is 10.1. The molecule has 1 aliphatic rings. The largest absolute Gasteiger partial charge is 0.483 e. The summed E-state index contributed by atoms with van der Waals surface area (Å²) in [4.78, 5) is 28.2. The minimum absolute atomic E-state index is 0.0633. The van der Waals surface area contributed by atoms with E-state index in [1.54, 1.807) is 4.90 Å². The normalized spacial score (nSPS) is 14.8. The van der Waals surface area contributed by atoms with Crippen LogP contribution in [0.1, 0.15) is 61.3 Å². The van der Waals surface area contributed by atoms with Gasteiger partial charge < -0.3 is 15.0 Å². The van der Waals surface area contributed by atoms with Crippen LogP contribution < -0.4 is 10.1 Å². The molecule has 0 heterocycles. The monoisotopic (exact) mass is 436 g/mol. The Kier molecular flexibility index (Phi) is 8.32. The number of carbonyl (C=O) groups excluding carboxylic acids is 2. The van der Waals surface area contributed by atoms with E-state index in [0.29, 0.717) is 18.7 Å². The molecule has 2 aromatic rings. The Hall–Kier alpha value is -2.82. The van der Waals surface area contributed by atoms with Gasteiger partial charge in [0.05, 0.1) is 0 Å². The summed E-state index contributed by atoms with van der Waals surface area (Å²) in [6.07, 6.45) is 4.89. The van der Waals surface area contributed by atoms with Crippen LogP contribution in [0.25, 0.3) is 0 Å². The van der Waals surface area contributed by atoms with Crippen LogP contribution in [0.3, 0.4) is 0 Å². The van der Waals surface area contributed by atoms with Gasteiger partial charge in [0.25, 0.3) is 5.91 Å². The summed E-state index contributed by atoms with van der Waals surface area (Å²) in [6, 6.07) is 13.6. The van der Waals surface area contributed by atoms with Gasteiger partial charge in [-0.3, -0.25) is 9.59 Å². The first-order chi connectivity index (χ1) is 15.4. The highest BCUT2D eigenvalue weighted by molar-refractivity contribution is 5.88. The number of hydrogen-bond donors (Lipinski definition) is 1. The Balaban J connectivity index is 1.77. The number of aryl methyl sites for hydroxylation is 2. The third-order valence-electron chi connectivity index (χ3n) is 6.47. The average Bonchev–Trinajstić information content (AvgIpc) is 3.28. The van der Waals surface area contributed by atoms with Crippen LogP contribution in [-0.2, 0) is 16.1 Å². The second-order valence-electron chi connectivity index (χ2n) is 8.91. The smallest absolute Gasteiger partial charge is 0.261 e. The molecule has 2 amide bonds. The molecular weight excluding hydrogens is 400 g/mol. The summed E-state index contributed by atoms with van der Waals surface area (Å²) in [5.74, 6) is 0.462. The van der Waals surface area contributed by atoms with Gasteiger partial charge in [0, 0.05) is 12.6 Å². The molecule has 0 aliphatic heterocycles. The molecule has 172 valence electrons. The van der Waals surface area contributed by atoms with Crippen molar-refractivity contribution in [2.75, 3.05) is 6.61 Å². The van der Waals surface area contributed by atoms with Crippen LogP contribution in [0.2, 0.25) is 0 Å². The van der Waals surface area contributed by atoms with Crippen LogP contribution in [0.4, 0.5) is 0 Å². The van der Waals surface area contributed by atoms with E-state index in [2.05, 4.69) is 5.32 Å². The van der Waals surface area contributed by atoms with Crippen molar-refractivity contribution in [3.05, 3.63) is 64.7 Å². The van der Waals surface area contributed by atoms with E-state index in [4.69, 9.17) is 4.74 Å². The van der Waals surface area contributed by atoms with Gasteiger partial charge in [-0.05, 0) is 62.8 Å². The topological polar surface area (TPSA) is 58.6 Å². The predicted octanol–water partition coefficient (Wildman–Crippen LogP) is 4.86. The molecule has 5 heteroatoms. The van der Waals surface area contributed by atoms with Crippen molar-refractivity contribution in [3.63, 3.8) is 0 Å². The summed E-state index contributed by atoms with van der Waals surface area (Å²) in [7, 11) is 0. The van der Waals surface area contributed by atoms with Crippen LogP contribution in [0.15, 0.2) is 42.5 Å². The molecule has 5 nitrogen and oxygen atoms in total. The summed E-state index contributed by atoms with van der Waals surface area (Å²) < 4.78 is 5.90. The van der Waals surface area contributed by atoms with Crippen molar-refractivity contribution in [3.8, 4) is 5.75 Å². The van der Waals surface area contributed by atoms with Crippen molar-refractivity contribution < 1.29 is 14.3 Å². The van der Waals surface area contributed by atoms with E-state index in [0.717, 1.165) is 47.9 Å². The Morgan fingerprint density at radius 2 is 1.75 bits per heavy atom. The zero-order valence-electron chi connectivity index (χ0n) is 19.8. The van der Waals surface area contributed by atoms with Gasteiger partial charge in [-0.15, -0.1) is 0 Å². The van der Waals surface area contributed by atoms with E-state index in [1.165, 1.54) is 0 Å². The molecule has 0 unspecified atom stereocenters. The predicted molar refractivity (Wildman–Crippen MR) is 128 cm³/mol. The molecule has 3 rings (SSSR count). The van der Waals surface area contributed by atoms with Crippen molar-refractivity contribution >= 4 is 11.8 Å². The van der Waals surface area contributed by atoms with Gasteiger partial charge >= 0.3 is 0 Å². The zero-order chi connectivity index (χ0) is 23.1. The Morgan fingerprint density at radius 3 is 2.41 bits per heavy atom. The van der Waals surface area contributed by atoms with Gasteiger partial charge in [0.15, 0.2) is 6.61 Å². The molecule has 32 heavy (non-hydrogen) atoms. The standard InChI is InChI=1S/C27H36N2O3/c1-5-24(27(31)28-23-10-6-7-11-23)29(17-22-15-13-19(2)14-16-22)26(30)18-32-25-12-8-9-20(3)21(25)4/h8-9,12-16,23-24H,5-7,10-11,17-18H2,1-4H3,(H,28,31)/t24-/m1/s1. The minimum atomic E-state index is -0.522. The maximum Gasteiger partial charge on any atom is 0.261 e. The maximum atomic E-state index is 13.3. The quantitative estimate of drug-likeness (QED) is 0.611. The Morgan fingerprint density at radius 1 is 1.06 bits per heavy atom. The fraction of sp³-hybridized carbons (Fsp3) is 0.481. The van der Waals surface area contributed by atoms with Crippen molar-refractivity contribution in [2.45, 2.75) is 78.4 Å². The number of hydrogen-bond acceptors (Lipinski definition) is 3. The SMILES string of the molecule is CC[C@H](C(=O)NC1CCCC1)N(Cc1ccc(C)cc1)C(=O)COc1cccc(C)c1C. The number of nitrogens with one attached hydrogen (secondary N) is 1. The molecule has 0 spiro atoms. The van der Waals surface area contributed by atoms with Gasteiger partial charge in [0.2, 0.25) is 5.91 Å². The Labute approximate surface area is 192 Å². The molecule has 0 aromatic heterocycles. The van der Waals surface area contributed by atoms with Crippen molar-refractivity contribution in [1.29, 1.82) is 0 Å². The lowest BCUT2D eigenvalue weighted by Gasteiger charge is -2.31. The second kappa shape index (κ2) is 11.2. The van der Waals surface area contributed by atoms with E-state index in [9.17, 15) is 9.59 Å². The number of benzene rings is 2. The van der Waals surface area contributed by atoms with Crippen LogP contribution >= 0.6 is 0 Å². The first kappa shape index (κ1) is 23.8. The molecule has 0 radical (unpaired) electrons. The molecule has 1 saturated carbocycles. The average molecular weight is 437 g/mol. The second-order valence-corrected chi connectivity index (χ2v) is 8.91. The number of carbonyl (C=O) groups is 2. The summed E-state index contributed by atoms with van der Waals surface area (Å²) >= 11 is 0. The molecular formula is C27H36N2O3. The van der Waals surface area contributed by atoms with Gasteiger partial charge in [-0.25, -0.2) is 0 Å². The summed E-state index contributed by atoms with van der Waals surface area (Å²) in [6.45, 7) is 8.29. The lowest BCUT2D eigenvalue weighted by Crippen LogP contribution is -2.52. The minimum Gasteiger partial charge on any atom is -0.483 e. The maximum absolute atomic E-state index is 13.3. The molecule has 1 atom stereocenters. The molecule has 0 saturated heterocycles. The zero-order valence-corrected chi connectivity index (χ0v) is 19.8. The number of amides is 2. The highest BCUT2D eigenvalue weighted by Gasteiger charge is 2.30. The van der Waals surface area contributed by atoms with Crippen LogP contribution in [0.5, 0.6) is 5.75 Å². The number of rotatable bonds is 9. The van der Waals surface area contributed by atoms with Gasteiger partial charge in [0.1, 0.15) is 11.8 Å². The third kappa shape index (κ3) is 6.12. The first-order valence-electron chi connectivity index (χ1n) is 11.7. The van der Waals surface area contributed by atoms with Crippen molar-refractivity contribution in [2.24, 2.45) is 0 Å². The highest BCUT2D eigenvalue weighted by Crippen LogP contribution is 2.22. The molecule has 1 N–H and O–H groups in total. The van der Waals surface area contributed by atoms with E-state index < -0.39 is 6.04 Å². The fourth-order valence-electron chi connectivity index (χ4n) is 4.28. The number of nitrogens with zero attached hydrogens (tertiary/aromatic N) is 1. The van der Waals surface area contributed by atoms with E-state index in [-0.39, 0.29) is 24.5 Å². The highest BCUT2D eigenvalue weighted by atomic mass is 16.5. The summed E-state index contributed by atoms with van der Waals surface area (Å²) in [5, 5.41) is 3.18. The molecule has 0 bridgehead atoms. The molecule has 1 fully saturated rings. The van der Waals surface area contributed by atoms with Gasteiger partial charge in [-0.1, -0.05) is 61.7 Å². The summed E-state index contributed by atoms with van der Waals surface area (Å²) in [5.41, 5.74) is 4.31. The third-order valence-corrected chi connectivity index (χ3v) is 6.47.